The second-order valence-corrected chi connectivity index (χ2v) is 10.1. The van der Waals surface area contributed by atoms with Gasteiger partial charge in [-0.3, -0.25) is 4.98 Å². The Hall–Kier alpha value is -2.28. The van der Waals surface area contributed by atoms with Gasteiger partial charge in [0, 0.05) is 22.9 Å². The Morgan fingerprint density at radius 2 is 2.07 bits per heavy atom. The van der Waals surface area contributed by atoms with E-state index in [1.54, 1.807) is 36.8 Å². The number of benzene rings is 2. The zero-order valence-corrected chi connectivity index (χ0v) is 18.2. The number of pyridine rings is 1. The minimum Gasteiger partial charge on any atom is -0.399 e. The largest absolute Gasteiger partial charge is 0.399 e. The molecule has 4 nitrogen and oxygen atoms in total. The fourth-order valence-electron chi connectivity index (χ4n) is 4.30. The molecule has 2 atom stereocenters. The van der Waals surface area contributed by atoms with Gasteiger partial charge in [-0.1, -0.05) is 47.6 Å². The van der Waals surface area contributed by atoms with E-state index >= 15 is 0 Å². The number of para-hydroxylation sites is 1. The molecule has 2 heterocycles. The Morgan fingerprint density at radius 1 is 1.17 bits per heavy atom. The lowest BCUT2D eigenvalue weighted by atomic mass is 9.95. The van der Waals surface area contributed by atoms with Crippen LogP contribution in [0.4, 0.5) is 0 Å². The van der Waals surface area contributed by atoms with Crippen molar-refractivity contribution < 1.29 is 9.94 Å². The van der Waals surface area contributed by atoms with Crippen LogP contribution in [-0.4, -0.2) is 28.7 Å². The molecule has 0 radical (unpaired) electrons. The quantitative estimate of drug-likeness (QED) is 0.556. The highest BCUT2D eigenvalue weighted by atomic mass is 32.2. The topological polar surface area (TPSA) is 54.7 Å². The van der Waals surface area contributed by atoms with Gasteiger partial charge in [-0.2, -0.15) is 0 Å². The third-order valence-electron chi connectivity index (χ3n) is 5.72. The average molecular weight is 435 g/mol. The van der Waals surface area contributed by atoms with Crippen LogP contribution >= 0.6 is 23.5 Å². The minimum absolute atomic E-state index is 0.519. The van der Waals surface area contributed by atoms with E-state index in [4.69, 9.17) is 4.84 Å². The zero-order chi connectivity index (χ0) is 20.6. The molecule has 0 saturated heterocycles. The van der Waals surface area contributed by atoms with Gasteiger partial charge in [0.05, 0.1) is 11.2 Å². The molecule has 0 spiro atoms. The summed E-state index contributed by atoms with van der Waals surface area (Å²) in [6, 6.07) is 16.5. The number of hydrogen-bond donors (Lipinski definition) is 1. The number of thioether (sulfide) groups is 2. The number of fused-ring (bicyclic) bond motifs is 2. The lowest BCUT2D eigenvalue weighted by Crippen LogP contribution is -2.28. The van der Waals surface area contributed by atoms with Crippen molar-refractivity contribution in [2.75, 3.05) is 12.9 Å². The molecule has 2 aromatic carbocycles. The van der Waals surface area contributed by atoms with Crippen LogP contribution in [0.25, 0.3) is 10.9 Å². The number of hydrogen-bond acceptors (Lipinski definition) is 6. The van der Waals surface area contributed by atoms with Gasteiger partial charge in [-0.25, -0.2) is 0 Å². The second-order valence-electron chi connectivity index (χ2n) is 7.38. The maximum atomic E-state index is 11.8. The smallest absolute Gasteiger partial charge is 0.120 e. The normalized spacial score (nSPS) is 22.9. The molecule has 0 amide bonds. The molecule has 1 aromatic heterocycles. The molecule has 6 heteroatoms. The van der Waals surface area contributed by atoms with E-state index in [1.165, 1.54) is 5.56 Å². The van der Waals surface area contributed by atoms with Gasteiger partial charge in [-0.15, -0.1) is 23.5 Å². The Morgan fingerprint density at radius 3 is 2.90 bits per heavy atom. The Kier molecular flexibility index (Phi) is 5.31. The van der Waals surface area contributed by atoms with Crippen LogP contribution in [0.2, 0.25) is 0 Å². The summed E-state index contributed by atoms with van der Waals surface area (Å²) in [4.78, 5) is 9.48. The van der Waals surface area contributed by atoms with Crippen LogP contribution in [0, 0.1) is 0 Å². The van der Waals surface area contributed by atoms with E-state index in [0.717, 1.165) is 51.9 Å². The van der Waals surface area contributed by atoms with Crippen molar-refractivity contribution in [3.05, 3.63) is 88.5 Å². The van der Waals surface area contributed by atoms with E-state index in [9.17, 15) is 5.11 Å². The molecule has 3 aromatic rings. The number of rotatable bonds is 4. The molecule has 1 aliphatic heterocycles. The van der Waals surface area contributed by atoms with Crippen molar-refractivity contribution in [2.45, 2.75) is 23.0 Å². The van der Waals surface area contributed by atoms with Crippen LogP contribution < -0.4 is 0 Å². The lowest BCUT2D eigenvalue weighted by molar-refractivity contribution is 0.165. The first-order valence-corrected chi connectivity index (χ1v) is 11.8. The molecule has 2 unspecified atom stereocenters. The molecule has 152 valence electrons. The molecular formula is C24H22N2O2S2. The third-order valence-corrected chi connectivity index (χ3v) is 8.75. The molecule has 5 rings (SSSR count). The van der Waals surface area contributed by atoms with Crippen molar-refractivity contribution in [3.8, 4) is 0 Å². The standard InChI is InChI=1S/C24H22N2O2S2/c1-28-26-22-10-7-16-15-17(8-9-18(16)22)24(29-13-4-14-30-24)23(27)20-11-12-25-21-6-3-2-5-19(20)21/h2-6,8-9,11-13,15,23,27H,7,10,14H2,1H3. The Labute approximate surface area is 184 Å². The lowest BCUT2D eigenvalue weighted by Gasteiger charge is -2.39. The minimum atomic E-state index is -0.683. The summed E-state index contributed by atoms with van der Waals surface area (Å²) in [5.41, 5.74) is 6.37. The number of aliphatic hydroxyl groups excluding tert-OH is 1. The zero-order valence-electron chi connectivity index (χ0n) is 16.6. The van der Waals surface area contributed by atoms with Crippen molar-refractivity contribution in [1.82, 2.24) is 4.98 Å². The van der Waals surface area contributed by atoms with Crippen molar-refractivity contribution in [2.24, 2.45) is 5.16 Å². The van der Waals surface area contributed by atoms with E-state index in [1.807, 2.05) is 30.3 Å². The Balaban J connectivity index is 1.63. The van der Waals surface area contributed by atoms with E-state index < -0.39 is 10.2 Å². The highest BCUT2D eigenvalue weighted by molar-refractivity contribution is 8.19. The predicted molar refractivity (Wildman–Crippen MR) is 126 cm³/mol. The van der Waals surface area contributed by atoms with Crippen molar-refractivity contribution in [3.63, 3.8) is 0 Å². The summed E-state index contributed by atoms with van der Waals surface area (Å²) in [7, 11) is 1.59. The summed E-state index contributed by atoms with van der Waals surface area (Å²) < 4.78 is -0.519. The molecular weight excluding hydrogens is 412 g/mol. The number of aliphatic hydroxyl groups is 1. The Bertz CT molecular complexity index is 1160. The first-order valence-electron chi connectivity index (χ1n) is 9.95. The summed E-state index contributed by atoms with van der Waals surface area (Å²) in [5, 5.41) is 19.1. The predicted octanol–water partition coefficient (Wildman–Crippen LogP) is 5.41. The van der Waals surface area contributed by atoms with E-state index in [0.29, 0.717) is 0 Å². The van der Waals surface area contributed by atoms with Crippen LogP contribution in [0.5, 0.6) is 0 Å². The van der Waals surface area contributed by atoms with E-state index in [-0.39, 0.29) is 0 Å². The SMILES string of the molecule is CON=C1CCc2cc(C3(C(O)c4ccnc5ccccc45)SC=CCS3)ccc21. The number of aromatic nitrogens is 1. The maximum Gasteiger partial charge on any atom is 0.120 e. The fraction of sp³-hybridized carbons (Fsp3) is 0.250. The molecule has 1 aliphatic carbocycles. The number of nitrogens with zero attached hydrogens (tertiary/aromatic N) is 2. The highest BCUT2D eigenvalue weighted by Crippen LogP contribution is 2.58. The monoisotopic (exact) mass is 434 g/mol. The van der Waals surface area contributed by atoms with Gasteiger partial charge in [-0.05, 0) is 47.1 Å². The number of oxime groups is 1. The summed E-state index contributed by atoms with van der Waals surface area (Å²) in [5.74, 6) is 0.862. The van der Waals surface area contributed by atoms with Gasteiger partial charge in [0.2, 0.25) is 0 Å². The van der Waals surface area contributed by atoms with Crippen LogP contribution in [0.15, 0.2) is 71.4 Å². The van der Waals surface area contributed by atoms with Crippen molar-refractivity contribution >= 4 is 40.1 Å². The third kappa shape index (κ3) is 3.23. The first-order chi connectivity index (χ1) is 14.7. The highest BCUT2D eigenvalue weighted by Gasteiger charge is 2.43. The van der Waals surface area contributed by atoms with Crippen molar-refractivity contribution in [1.29, 1.82) is 0 Å². The van der Waals surface area contributed by atoms with Crippen LogP contribution in [0.1, 0.15) is 34.8 Å². The molecule has 0 bridgehead atoms. The van der Waals surface area contributed by atoms with Gasteiger partial charge < -0.3 is 9.94 Å². The van der Waals surface area contributed by atoms with Gasteiger partial charge >= 0.3 is 0 Å². The second kappa shape index (κ2) is 8.10. The van der Waals surface area contributed by atoms with Gasteiger partial charge in [0.1, 0.15) is 17.3 Å². The molecule has 30 heavy (non-hydrogen) atoms. The first kappa shape index (κ1) is 19.7. The molecule has 1 N–H and O–H groups in total. The van der Waals surface area contributed by atoms with Crippen LogP contribution in [-0.2, 0) is 15.3 Å². The maximum absolute atomic E-state index is 11.8. The summed E-state index contributed by atoms with van der Waals surface area (Å²) in [6.07, 6.45) is 5.09. The van der Waals surface area contributed by atoms with Crippen LogP contribution in [0.3, 0.4) is 0 Å². The van der Waals surface area contributed by atoms with Gasteiger partial charge in [0.15, 0.2) is 0 Å². The van der Waals surface area contributed by atoms with Gasteiger partial charge in [0.25, 0.3) is 0 Å². The number of aryl methyl sites for hydroxylation is 1. The molecule has 2 aliphatic rings. The van der Waals surface area contributed by atoms with E-state index in [2.05, 4.69) is 39.8 Å². The molecule has 0 saturated carbocycles. The molecule has 0 fully saturated rings. The fourth-order valence-corrected chi connectivity index (χ4v) is 7.00. The average Bonchev–Trinajstić information content (AvgIpc) is 3.21. The summed E-state index contributed by atoms with van der Waals surface area (Å²) >= 11 is 3.47. The summed E-state index contributed by atoms with van der Waals surface area (Å²) in [6.45, 7) is 0.